The molecule has 0 saturated carbocycles. The topological polar surface area (TPSA) is 133 Å². The van der Waals surface area contributed by atoms with Crippen molar-refractivity contribution in [2.45, 2.75) is 18.9 Å². The molecule has 4 rings (SSSR count). The number of hydrogen-bond donors (Lipinski definition) is 2. The Bertz CT molecular complexity index is 1170. The predicted octanol–water partition coefficient (Wildman–Crippen LogP) is 1.60. The van der Waals surface area contributed by atoms with Gasteiger partial charge in [-0.15, -0.1) is 0 Å². The molecule has 4 heterocycles. The second-order valence-corrected chi connectivity index (χ2v) is 6.94. The van der Waals surface area contributed by atoms with Crippen LogP contribution < -0.4 is 20.3 Å². The lowest BCUT2D eigenvalue weighted by Crippen LogP contribution is -2.43. The molecule has 3 aromatic heterocycles. The average molecular weight is 419 g/mol. The highest BCUT2D eigenvalue weighted by atomic mass is 16.5. The van der Waals surface area contributed by atoms with Crippen LogP contribution in [-0.4, -0.2) is 56.5 Å². The van der Waals surface area contributed by atoms with E-state index in [2.05, 4.69) is 42.0 Å². The van der Waals surface area contributed by atoms with E-state index in [4.69, 9.17) is 10.00 Å². The van der Waals surface area contributed by atoms with Crippen molar-refractivity contribution in [1.82, 2.24) is 24.3 Å². The van der Waals surface area contributed by atoms with Crippen LogP contribution >= 0.6 is 0 Å². The van der Waals surface area contributed by atoms with Crippen LogP contribution in [0.2, 0.25) is 0 Å². The molecule has 11 nitrogen and oxygen atoms in total. The largest absolute Gasteiger partial charge is 0.480 e. The maximum Gasteiger partial charge on any atom is 0.248 e. The molecular weight excluding hydrogens is 398 g/mol. The molecule has 0 aromatic carbocycles. The van der Waals surface area contributed by atoms with Gasteiger partial charge in [-0.05, 0) is 18.9 Å². The standard InChI is InChI=1S/C20H21N9O2/c1-3-16(30)26-15-11-23-18-17(22-6-8-29(15)18)28-7-4-5-14(12-28)25-20-24-10-13(9-21)19(27-20)31-2/h3,6,8,10-11,14H,1,4-5,7,12H2,2H3,(H,26,30)(H,24,25,27). The lowest BCUT2D eigenvalue weighted by molar-refractivity contribution is -0.111. The van der Waals surface area contributed by atoms with Crippen molar-refractivity contribution in [3.63, 3.8) is 0 Å². The predicted molar refractivity (Wildman–Crippen MR) is 114 cm³/mol. The van der Waals surface area contributed by atoms with Crippen LogP contribution in [0.3, 0.4) is 0 Å². The normalized spacial score (nSPS) is 15.9. The fraction of sp³-hybridized carbons (Fsp3) is 0.300. The van der Waals surface area contributed by atoms with Gasteiger partial charge in [-0.3, -0.25) is 9.20 Å². The summed E-state index contributed by atoms with van der Waals surface area (Å²) < 4.78 is 6.95. The van der Waals surface area contributed by atoms with Gasteiger partial charge in [0.05, 0.1) is 19.5 Å². The van der Waals surface area contributed by atoms with E-state index < -0.39 is 0 Å². The highest BCUT2D eigenvalue weighted by molar-refractivity contribution is 5.98. The van der Waals surface area contributed by atoms with Gasteiger partial charge >= 0.3 is 0 Å². The van der Waals surface area contributed by atoms with Crippen molar-refractivity contribution < 1.29 is 9.53 Å². The summed E-state index contributed by atoms with van der Waals surface area (Å²) in [6.07, 6.45) is 9.55. The molecule has 1 aliphatic rings. The zero-order valence-corrected chi connectivity index (χ0v) is 16.9. The van der Waals surface area contributed by atoms with Gasteiger partial charge in [-0.1, -0.05) is 6.58 Å². The first kappa shape index (κ1) is 20.1. The summed E-state index contributed by atoms with van der Waals surface area (Å²) in [5.74, 6) is 1.62. The zero-order chi connectivity index (χ0) is 21.8. The third kappa shape index (κ3) is 4.09. The molecule has 1 aliphatic heterocycles. The molecule has 1 amide bonds. The Kier molecular flexibility index (Phi) is 5.61. The number of ether oxygens (including phenoxy) is 1. The van der Waals surface area contributed by atoms with Crippen molar-refractivity contribution in [2.24, 2.45) is 0 Å². The maximum atomic E-state index is 11.7. The highest BCUT2D eigenvalue weighted by Crippen LogP contribution is 2.25. The van der Waals surface area contributed by atoms with E-state index in [0.717, 1.165) is 25.2 Å². The van der Waals surface area contributed by atoms with Crippen LogP contribution in [-0.2, 0) is 4.79 Å². The third-order valence-electron chi connectivity index (χ3n) is 4.97. The first-order valence-electron chi connectivity index (χ1n) is 9.71. The molecule has 1 atom stereocenters. The minimum Gasteiger partial charge on any atom is -0.480 e. The summed E-state index contributed by atoms with van der Waals surface area (Å²) >= 11 is 0. The summed E-state index contributed by atoms with van der Waals surface area (Å²) in [6, 6.07) is 2.08. The maximum absolute atomic E-state index is 11.7. The first-order valence-corrected chi connectivity index (χ1v) is 9.71. The number of nitriles is 1. The number of imidazole rings is 1. The van der Waals surface area contributed by atoms with Crippen LogP contribution in [0.4, 0.5) is 17.6 Å². The fourth-order valence-corrected chi connectivity index (χ4v) is 3.54. The van der Waals surface area contributed by atoms with Gasteiger partial charge in [0.2, 0.25) is 17.7 Å². The van der Waals surface area contributed by atoms with E-state index >= 15 is 0 Å². The fourth-order valence-electron chi connectivity index (χ4n) is 3.54. The zero-order valence-electron chi connectivity index (χ0n) is 16.9. The number of amides is 1. The quantitative estimate of drug-likeness (QED) is 0.571. The number of nitrogens with one attached hydrogen (secondary N) is 2. The molecule has 2 N–H and O–H groups in total. The molecule has 1 fully saturated rings. The van der Waals surface area contributed by atoms with Crippen LogP contribution in [0, 0.1) is 11.3 Å². The van der Waals surface area contributed by atoms with Crippen molar-refractivity contribution in [2.75, 3.05) is 35.7 Å². The molecule has 3 aromatic rings. The molecule has 0 bridgehead atoms. The number of aromatic nitrogens is 5. The summed E-state index contributed by atoms with van der Waals surface area (Å²) in [5, 5.41) is 15.2. The number of anilines is 3. The van der Waals surface area contributed by atoms with Crippen molar-refractivity contribution in [1.29, 1.82) is 5.26 Å². The number of methoxy groups -OCH3 is 1. The molecule has 31 heavy (non-hydrogen) atoms. The van der Waals surface area contributed by atoms with Gasteiger partial charge in [-0.2, -0.15) is 10.2 Å². The SMILES string of the molecule is C=CC(=O)Nc1cnc2c(N3CCCC(Nc4ncc(C#N)c(OC)n4)C3)nccn12. The Morgan fingerprint density at radius 1 is 1.39 bits per heavy atom. The lowest BCUT2D eigenvalue weighted by Gasteiger charge is -2.34. The van der Waals surface area contributed by atoms with Gasteiger partial charge in [0.1, 0.15) is 17.5 Å². The van der Waals surface area contributed by atoms with E-state index in [-0.39, 0.29) is 23.4 Å². The van der Waals surface area contributed by atoms with Gasteiger partial charge in [0.15, 0.2) is 11.5 Å². The van der Waals surface area contributed by atoms with Crippen LogP contribution in [0.5, 0.6) is 5.88 Å². The number of nitrogens with zero attached hydrogens (tertiary/aromatic N) is 7. The van der Waals surface area contributed by atoms with Gasteiger partial charge in [0, 0.05) is 31.5 Å². The average Bonchev–Trinajstić information content (AvgIpc) is 3.21. The Balaban J connectivity index is 1.54. The monoisotopic (exact) mass is 419 g/mol. The molecule has 158 valence electrons. The van der Waals surface area contributed by atoms with E-state index in [1.54, 1.807) is 23.0 Å². The summed E-state index contributed by atoms with van der Waals surface area (Å²) in [7, 11) is 1.47. The Morgan fingerprint density at radius 2 is 2.26 bits per heavy atom. The van der Waals surface area contributed by atoms with Crippen LogP contribution in [0.25, 0.3) is 5.65 Å². The third-order valence-corrected chi connectivity index (χ3v) is 4.97. The Hall–Kier alpha value is -4.20. The van der Waals surface area contributed by atoms with Crippen LogP contribution in [0.15, 0.2) is 37.4 Å². The lowest BCUT2D eigenvalue weighted by atomic mass is 10.1. The van der Waals surface area contributed by atoms with Gasteiger partial charge < -0.3 is 20.3 Å². The first-order chi connectivity index (χ1) is 15.1. The number of carbonyl (C=O) groups excluding carboxylic acids is 1. The van der Waals surface area contributed by atoms with Crippen molar-refractivity contribution in [3.05, 3.63) is 43.0 Å². The second-order valence-electron chi connectivity index (χ2n) is 6.94. The molecule has 1 saturated heterocycles. The number of carbonyl (C=O) groups is 1. The Morgan fingerprint density at radius 3 is 3.03 bits per heavy atom. The molecule has 1 unspecified atom stereocenters. The molecule has 0 aliphatic carbocycles. The second kappa shape index (κ2) is 8.66. The summed E-state index contributed by atoms with van der Waals surface area (Å²) in [5.41, 5.74) is 0.937. The van der Waals surface area contributed by atoms with Crippen LogP contribution in [0.1, 0.15) is 18.4 Å². The van der Waals surface area contributed by atoms with Crippen molar-refractivity contribution in [3.8, 4) is 11.9 Å². The summed E-state index contributed by atoms with van der Waals surface area (Å²) in [6.45, 7) is 4.96. The molecule has 0 radical (unpaired) electrons. The smallest absolute Gasteiger partial charge is 0.248 e. The molecule has 11 heteroatoms. The number of rotatable bonds is 6. The minimum absolute atomic E-state index is 0.0725. The number of piperidine rings is 1. The number of fused-ring (bicyclic) bond motifs is 1. The van der Waals surface area contributed by atoms with E-state index in [1.807, 2.05) is 6.07 Å². The van der Waals surface area contributed by atoms with Gasteiger partial charge in [0.25, 0.3) is 0 Å². The summed E-state index contributed by atoms with van der Waals surface area (Å²) in [4.78, 5) is 31.3. The minimum atomic E-state index is -0.305. The van der Waals surface area contributed by atoms with E-state index in [1.165, 1.54) is 19.4 Å². The van der Waals surface area contributed by atoms with Crippen molar-refractivity contribution >= 4 is 29.1 Å². The number of hydrogen-bond acceptors (Lipinski definition) is 9. The highest BCUT2D eigenvalue weighted by Gasteiger charge is 2.24. The molecular formula is C20H21N9O2. The van der Waals surface area contributed by atoms with Gasteiger partial charge in [-0.25, -0.2) is 15.0 Å². The Labute approximate surface area is 178 Å². The van der Waals surface area contributed by atoms with E-state index in [9.17, 15) is 4.79 Å². The van der Waals surface area contributed by atoms with E-state index in [0.29, 0.717) is 24.0 Å². The molecule has 0 spiro atoms.